The maximum Gasteiger partial charge on any atom is 0.318 e. The zero-order valence-corrected chi connectivity index (χ0v) is 46.0. The molecule has 7 unspecified atom stereocenters. The van der Waals surface area contributed by atoms with Gasteiger partial charge in [-0.15, -0.1) is 11.3 Å². The third-order valence-corrected chi connectivity index (χ3v) is 18.7. The minimum Gasteiger partial charge on any atom is -0.482 e. The summed E-state index contributed by atoms with van der Waals surface area (Å²) in [5.41, 5.74) is 6.19. The van der Waals surface area contributed by atoms with Gasteiger partial charge in [0.15, 0.2) is 5.06 Å². The van der Waals surface area contributed by atoms with Crippen LogP contribution in [0.1, 0.15) is 90.1 Å². The van der Waals surface area contributed by atoms with Crippen molar-refractivity contribution in [2.24, 2.45) is 0 Å². The highest BCUT2D eigenvalue weighted by Crippen LogP contribution is 2.47. The molecule has 18 nitrogen and oxygen atoms in total. The van der Waals surface area contributed by atoms with Gasteiger partial charge in [-0.25, -0.2) is 0 Å². The molecule has 2 spiro atoms. The summed E-state index contributed by atoms with van der Waals surface area (Å²) in [4.78, 5) is 58.8. The van der Waals surface area contributed by atoms with E-state index >= 15 is 0 Å². The molecule has 2 amide bonds. The summed E-state index contributed by atoms with van der Waals surface area (Å²) in [5, 5.41) is 22.6. The lowest BCUT2D eigenvalue weighted by atomic mass is 9.80. The first-order valence-electron chi connectivity index (χ1n) is 28.0. The Morgan fingerprint density at radius 2 is 1.35 bits per heavy atom. The number of ether oxygens (including phenoxy) is 4. The zero-order chi connectivity index (χ0) is 54.4. The minimum absolute atomic E-state index is 0.0836. The molecule has 4 fully saturated rings. The Bertz CT molecular complexity index is 3200. The average Bonchev–Trinajstić information content (AvgIpc) is 4.27. The molecule has 2 aliphatic carbocycles. The molecular weight excluding hydrogens is 1020 g/mol. The number of thiophene rings is 1. The van der Waals surface area contributed by atoms with Crippen molar-refractivity contribution >= 4 is 46.9 Å². The van der Waals surface area contributed by atoms with Crippen molar-refractivity contribution in [3.63, 3.8) is 0 Å². The smallest absolute Gasteiger partial charge is 0.318 e. The van der Waals surface area contributed by atoms with E-state index in [4.69, 9.17) is 38.9 Å². The van der Waals surface area contributed by atoms with Crippen molar-refractivity contribution < 1.29 is 28.5 Å². The predicted octanol–water partition coefficient (Wildman–Crippen LogP) is 6.57. The molecule has 3 aromatic heterocycles. The molecule has 79 heavy (non-hydrogen) atoms. The van der Waals surface area contributed by atoms with Crippen molar-refractivity contribution in [2.75, 3.05) is 89.5 Å². The van der Waals surface area contributed by atoms with Crippen LogP contribution in [0.5, 0.6) is 22.8 Å². The minimum atomic E-state index is -0.624. The summed E-state index contributed by atoms with van der Waals surface area (Å²) in [5.74, 6) is 2.35. The number of fused-ring (bicyclic) bond motifs is 4. The number of likely N-dealkylation sites (tertiary alicyclic amines) is 2. The van der Waals surface area contributed by atoms with Gasteiger partial charge >= 0.3 is 12.0 Å². The molecule has 410 valence electrons. The highest BCUT2D eigenvalue weighted by atomic mass is 32.1. The number of nitriles is 2. The Labute approximate surface area is 466 Å². The van der Waals surface area contributed by atoms with E-state index in [1.807, 2.05) is 0 Å². The maximum absolute atomic E-state index is 12.9. The van der Waals surface area contributed by atoms with E-state index in [1.165, 1.54) is 17.7 Å². The summed E-state index contributed by atoms with van der Waals surface area (Å²) in [6, 6.07) is 13.5. The molecule has 19 heteroatoms. The number of piperazine rings is 2. The molecule has 6 aliphatic heterocycles. The van der Waals surface area contributed by atoms with Gasteiger partial charge in [0.05, 0.1) is 48.5 Å². The number of likely N-dealkylation sites (N-methyl/N-ethyl adjacent to an activating group) is 2. The lowest BCUT2D eigenvalue weighted by molar-refractivity contribution is -0.129. The fourth-order valence-corrected chi connectivity index (χ4v) is 14.3. The number of hydrogen-bond donors (Lipinski definition) is 0. The number of aromatic nitrogens is 4. The molecule has 1 aromatic carbocycles. The fraction of sp³-hybridized carbons (Fsp3) is 0.500. The Morgan fingerprint density at radius 1 is 0.747 bits per heavy atom. The van der Waals surface area contributed by atoms with E-state index in [0.717, 1.165) is 101 Å². The number of carbonyl (C=O) groups is 2. The van der Waals surface area contributed by atoms with Crippen LogP contribution in [0.4, 0.5) is 11.6 Å². The number of carbonyl (C=O) groups excluding carboxylic acids is 2. The molecule has 4 saturated heterocycles. The second-order valence-corrected chi connectivity index (χ2v) is 23.5. The second kappa shape index (κ2) is 21.7. The summed E-state index contributed by atoms with van der Waals surface area (Å²) in [6.45, 7) is 13.2. The lowest BCUT2D eigenvalue weighted by Crippen LogP contribution is -2.55. The van der Waals surface area contributed by atoms with Crippen LogP contribution in [0.25, 0.3) is 12.2 Å². The van der Waals surface area contributed by atoms with Crippen LogP contribution in [0.2, 0.25) is 0 Å². The van der Waals surface area contributed by atoms with Crippen molar-refractivity contribution in [1.82, 2.24) is 39.5 Å². The monoisotopic (exact) mass is 1080 g/mol. The second-order valence-electron chi connectivity index (χ2n) is 22.6. The Hall–Kier alpha value is -7.32. The number of anilines is 2. The largest absolute Gasteiger partial charge is 0.482 e. The Kier molecular flexibility index (Phi) is 14.4. The van der Waals surface area contributed by atoms with Crippen LogP contribution in [0.15, 0.2) is 67.1 Å². The average molecular weight is 1090 g/mol. The Morgan fingerprint density at radius 3 is 1.95 bits per heavy atom. The lowest BCUT2D eigenvalue weighted by Gasteiger charge is -2.43. The summed E-state index contributed by atoms with van der Waals surface area (Å²) in [6.07, 6.45) is 19.0. The first-order valence-corrected chi connectivity index (χ1v) is 28.9. The number of nitrogens with zero attached hydrogens (tertiary/aromatic N) is 12. The summed E-state index contributed by atoms with van der Waals surface area (Å²) < 4.78 is 27.0. The van der Waals surface area contributed by atoms with Crippen LogP contribution in [0.3, 0.4) is 0 Å². The SMILES string of the molecule is C=CC(=O)N1CCN(c2nc(OCC3CCCN3C)nc3c2CCC2(C=Cc4c(cccc4C4CC(COc5nc6c(c(N7CCN(C(=O)C=C)C(CC#N)C7)n5)CCC5(C=Cc7ccsc7O5)C6)N(C)C4)O2)C3)CC1CC#N. The molecule has 7 atom stereocenters. The van der Waals surface area contributed by atoms with Gasteiger partial charge in [0.2, 0.25) is 11.8 Å². The standard InChI is InChI=1S/C60H68N12O6S/c1-5-52(73)71-28-26-69(35-41(71)16-23-61)54-47-14-21-59(32-49(47)63-57(65-54)75-37-43-9-8-25-67(43)3)20-13-46-45(10-7-11-51(46)77-59)40-31-44(68(4)34-40)38-76-58-64-50-33-60(19-12-39-18-30-79-56(39)78-60)22-15-48(50)55(66-58)70-27-29-72(53(74)6-2)42(36-70)17-24-62/h5-7,10-13,18-20,30,40-44H,1-2,8-9,14-17,21-22,25-29,31-38H2,3-4H3. The van der Waals surface area contributed by atoms with Crippen molar-refractivity contribution in [2.45, 2.75) is 112 Å². The van der Waals surface area contributed by atoms with Crippen LogP contribution >= 0.6 is 11.3 Å². The van der Waals surface area contributed by atoms with E-state index in [9.17, 15) is 20.1 Å². The van der Waals surface area contributed by atoms with Gasteiger partial charge in [-0.3, -0.25) is 14.5 Å². The predicted molar refractivity (Wildman–Crippen MR) is 300 cm³/mol. The van der Waals surface area contributed by atoms with Gasteiger partial charge in [0.25, 0.3) is 0 Å². The maximum atomic E-state index is 12.9. The van der Waals surface area contributed by atoms with Crippen LogP contribution in [-0.4, -0.2) is 166 Å². The molecule has 12 rings (SSSR count). The molecule has 0 saturated carbocycles. The quantitative estimate of drug-likeness (QED) is 0.131. The van der Waals surface area contributed by atoms with Gasteiger partial charge in [0.1, 0.15) is 41.8 Å². The summed E-state index contributed by atoms with van der Waals surface area (Å²) >= 11 is 1.61. The number of amides is 2. The van der Waals surface area contributed by atoms with Crippen molar-refractivity contribution in [3.8, 4) is 35.0 Å². The molecule has 4 aromatic rings. The van der Waals surface area contributed by atoms with E-state index in [0.29, 0.717) is 90.2 Å². The third-order valence-electron chi connectivity index (χ3n) is 17.9. The first kappa shape index (κ1) is 52.4. The van der Waals surface area contributed by atoms with Gasteiger partial charge in [0, 0.05) is 93.0 Å². The van der Waals surface area contributed by atoms with E-state index in [1.54, 1.807) is 21.1 Å². The molecule has 8 aliphatic rings. The number of hydrogen-bond acceptors (Lipinski definition) is 17. The zero-order valence-electron chi connectivity index (χ0n) is 45.2. The first-order chi connectivity index (χ1) is 38.4. The topological polar surface area (TPSA) is 190 Å². The molecule has 0 N–H and O–H groups in total. The van der Waals surface area contributed by atoms with Crippen molar-refractivity contribution in [1.29, 1.82) is 10.5 Å². The molecular formula is C60H68N12O6S. The Balaban J connectivity index is 0.767. The van der Waals surface area contributed by atoms with Crippen LogP contribution < -0.4 is 28.7 Å². The third kappa shape index (κ3) is 10.2. The molecule has 0 bridgehead atoms. The summed E-state index contributed by atoms with van der Waals surface area (Å²) in [7, 11) is 4.29. The highest BCUT2D eigenvalue weighted by molar-refractivity contribution is 7.12. The normalized spacial score (nSPS) is 27.0. The van der Waals surface area contributed by atoms with Crippen molar-refractivity contribution in [3.05, 3.63) is 106 Å². The van der Waals surface area contributed by atoms with E-state index in [-0.39, 0.29) is 54.7 Å². The number of benzene rings is 1. The van der Waals surface area contributed by atoms with Gasteiger partial charge in [-0.1, -0.05) is 37.4 Å². The fourth-order valence-electron chi connectivity index (χ4n) is 13.5. The molecule has 0 radical (unpaired) electrons. The molecule has 9 heterocycles. The van der Waals surface area contributed by atoms with Gasteiger partial charge in [-0.2, -0.15) is 30.5 Å². The van der Waals surface area contributed by atoms with E-state index in [2.05, 4.69) is 113 Å². The highest BCUT2D eigenvalue weighted by Gasteiger charge is 2.44. The van der Waals surface area contributed by atoms with Gasteiger partial charge in [-0.05, 0) is 119 Å². The van der Waals surface area contributed by atoms with Crippen LogP contribution in [0, 0.1) is 22.7 Å². The van der Waals surface area contributed by atoms with Gasteiger partial charge < -0.3 is 43.4 Å². The van der Waals surface area contributed by atoms with E-state index < -0.39 is 11.2 Å². The number of rotatable bonds is 13. The van der Waals surface area contributed by atoms with Crippen LogP contribution in [-0.2, 0) is 35.3 Å².